The maximum absolute atomic E-state index is 8.05. The summed E-state index contributed by atoms with van der Waals surface area (Å²) in [7, 11) is 0. The van der Waals surface area contributed by atoms with Crippen LogP contribution in [-0.4, -0.2) is 8.80 Å². The Hall–Kier alpha value is -7.82. The molecule has 0 fully saturated rings. The molecule has 0 aliphatic rings. The molecule has 294 valence electrons. The van der Waals surface area contributed by atoms with E-state index in [2.05, 4.69) is 79.3 Å². The molecule has 0 amide bonds. The third kappa shape index (κ3) is 4.83. The van der Waals surface area contributed by atoms with Crippen LogP contribution in [0.25, 0.3) is 76.2 Å². The van der Waals surface area contributed by atoms with E-state index in [0.717, 1.165) is 87.6 Å². The number of nitrogens with zero attached hydrogens (tertiary/aromatic N) is 4. The van der Waals surface area contributed by atoms with Crippen molar-refractivity contribution in [2.24, 2.45) is 0 Å². The molecule has 0 atom stereocenters. The van der Waals surface area contributed by atoms with Crippen LogP contribution in [0, 0.1) is 27.4 Å². The lowest BCUT2D eigenvalue weighted by Gasteiger charge is -2.26. The lowest BCUT2D eigenvalue weighted by Crippen LogP contribution is -2.10. The summed E-state index contributed by atoms with van der Waals surface area (Å²) in [6, 6.07) is 57.0. The smallest absolute Gasteiger partial charge is 0.0621 e. The molecule has 0 spiro atoms. The van der Waals surface area contributed by atoms with Gasteiger partial charge in [-0.25, -0.2) is 0 Å². The summed E-state index contributed by atoms with van der Waals surface area (Å²) in [6.45, 7) is -9.16. The first-order valence-corrected chi connectivity index (χ1v) is 20.6. The summed E-state index contributed by atoms with van der Waals surface area (Å²) >= 11 is 0. The largest absolute Gasteiger partial charge is 0.310 e. The molecule has 0 aliphatic carbocycles. The predicted molar refractivity (Wildman–Crippen MR) is 264 cm³/mol. The number of para-hydroxylation sites is 2. The number of benzene rings is 9. The number of fused-ring (bicyclic) bond motifs is 12. The van der Waals surface area contributed by atoms with Gasteiger partial charge in [0.2, 0.25) is 0 Å². The van der Waals surface area contributed by atoms with Crippen molar-refractivity contribution >= 4 is 110 Å². The van der Waals surface area contributed by atoms with Crippen molar-refractivity contribution in [2.75, 3.05) is 9.80 Å². The second-order valence-electron chi connectivity index (χ2n) is 16.2. The molecule has 4 heterocycles. The van der Waals surface area contributed by atoms with E-state index < -0.39 is 27.4 Å². The minimum Gasteiger partial charge on any atom is -0.310 e. The van der Waals surface area contributed by atoms with E-state index in [4.69, 9.17) is 16.4 Å². The van der Waals surface area contributed by atoms with Crippen LogP contribution in [0.1, 0.15) is 38.7 Å². The van der Waals surface area contributed by atoms with Crippen molar-refractivity contribution in [2.45, 2.75) is 27.4 Å². The zero-order chi connectivity index (χ0) is 51.4. The van der Waals surface area contributed by atoms with Gasteiger partial charge in [-0.05, 0) is 112 Å². The number of hydrogen-bond donors (Lipinski definition) is 0. The molecule has 4 heteroatoms. The van der Waals surface area contributed by atoms with Crippen molar-refractivity contribution in [1.82, 2.24) is 8.80 Å². The summed E-state index contributed by atoms with van der Waals surface area (Å²) in [5.74, 6) is 0. The average molecular weight is 807 g/mol. The third-order valence-corrected chi connectivity index (χ3v) is 12.7. The SMILES string of the molecule is [2H]C([2H])([2H])c1ccc(N(c2ccc(C([2H])([2H])[2H])cc2)c2cccc3c2c2cccc4c5cc6c(cc5n3c42)c2cccc3c4c(N(c5ccc(C([2H])([2H])[2H])cc5)c5ccc(C([2H])([2H])[2H])cc5)cccc4n6c23)cc1. The van der Waals surface area contributed by atoms with Crippen molar-refractivity contribution in [3.05, 3.63) is 204 Å². The van der Waals surface area contributed by atoms with Crippen LogP contribution in [0.4, 0.5) is 34.1 Å². The van der Waals surface area contributed by atoms with Crippen molar-refractivity contribution < 1.29 is 16.4 Å². The zero-order valence-electron chi connectivity index (χ0n) is 45.1. The Morgan fingerprint density at radius 2 is 0.645 bits per heavy atom. The van der Waals surface area contributed by atoms with Crippen LogP contribution in [-0.2, 0) is 0 Å². The number of aryl methyl sites for hydroxylation is 4. The lowest BCUT2D eigenvalue weighted by molar-refractivity contribution is 1.28. The van der Waals surface area contributed by atoms with E-state index in [1.54, 1.807) is 97.1 Å². The topological polar surface area (TPSA) is 15.3 Å². The highest BCUT2D eigenvalue weighted by Crippen LogP contribution is 2.50. The third-order valence-electron chi connectivity index (χ3n) is 12.7. The van der Waals surface area contributed by atoms with Gasteiger partial charge in [0.15, 0.2) is 0 Å². The second-order valence-corrected chi connectivity index (χ2v) is 16.2. The van der Waals surface area contributed by atoms with Crippen LogP contribution >= 0.6 is 0 Å². The van der Waals surface area contributed by atoms with E-state index in [0.29, 0.717) is 22.7 Å². The van der Waals surface area contributed by atoms with Gasteiger partial charge in [0.05, 0.1) is 44.5 Å². The number of aromatic nitrogens is 2. The van der Waals surface area contributed by atoms with Crippen LogP contribution in [0.5, 0.6) is 0 Å². The molecular formula is C58H42N4. The molecule has 13 rings (SSSR count). The highest BCUT2D eigenvalue weighted by molar-refractivity contribution is 6.31. The van der Waals surface area contributed by atoms with Crippen molar-refractivity contribution in [3.63, 3.8) is 0 Å². The van der Waals surface area contributed by atoms with Gasteiger partial charge in [0, 0.05) is 82.3 Å². The Kier molecular flexibility index (Phi) is 5.19. The highest BCUT2D eigenvalue weighted by Gasteiger charge is 2.26. The molecule has 62 heavy (non-hydrogen) atoms. The number of rotatable bonds is 6. The van der Waals surface area contributed by atoms with E-state index in [1.165, 1.54) is 0 Å². The highest BCUT2D eigenvalue weighted by atomic mass is 15.2. The number of hydrogen-bond acceptors (Lipinski definition) is 2. The van der Waals surface area contributed by atoms with Crippen LogP contribution in [0.15, 0.2) is 182 Å². The molecule has 4 aromatic heterocycles. The maximum atomic E-state index is 8.05. The molecule has 4 nitrogen and oxygen atoms in total. The molecule has 0 aliphatic heterocycles. The lowest BCUT2D eigenvalue weighted by atomic mass is 10.0. The summed E-state index contributed by atoms with van der Waals surface area (Å²) in [4.78, 5) is 4.12. The fourth-order valence-corrected chi connectivity index (χ4v) is 10.2. The fourth-order valence-electron chi connectivity index (χ4n) is 10.2. The van der Waals surface area contributed by atoms with Gasteiger partial charge in [-0.15, -0.1) is 0 Å². The summed E-state index contributed by atoms with van der Waals surface area (Å²) < 4.78 is 101. The molecular weight excluding hydrogens is 753 g/mol. The Balaban J connectivity index is 1.03. The van der Waals surface area contributed by atoms with Gasteiger partial charge in [-0.2, -0.15) is 0 Å². The van der Waals surface area contributed by atoms with Gasteiger partial charge in [-0.1, -0.05) is 119 Å². The van der Waals surface area contributed by atoms with Crippen molar-refractivity contribution in [1.29, 1.82) is 0 Å². The van der Waals surface area contributed by atoms with Gasteiger partial charge in [0.1, 0.15) is 0 Å². The monoisotopic (exact) mass is 806 g/mol. The van der Waals surface area contributed by atoms with Crippen LogP contribution in [0.2, 0.25) is 0 Å². The molecule has 0 radical (unpaired) electrons. The van der Waals surface area contributed by atoms with E-state index in [9.17, 15) is 0 Å². The standard InChI is InChI=1S/C58H42N4/c1-35-17-25-39(26-18-35)59(40-27-19-36(2)20-28-40)49-13-7-15-51-55(49)45-11-5-9-43-47-34-54-48(33-53(47)61(51)57(43)45)44-10-6-12-46-56-50(14-8-16-52(56)62(54)58(44)46)60(41-29-21-37(3)22-30-41)42-31-23-38(4)24-32-42/h5-34H,1-4H3/i1D3,2D3,3D3,4D3. The quantitative estimate of drug-likeness (QED) is 0.166. The Labute approximate surface area is 376 Å². The van der Waals surface area contributed by atoms with E-state index in [-0.39, 0.29) is 22.3 Å². The first kappa shape index (κ1) is 25.1. The van der Waals surface area contributed by atoms with Gasteiger partial charge < -0.3 is 18.6 Å². The molecule has 0 bridgehead atoms. The normalized spacial score (nSPS) is 15.9. The van der Waals surface area contributed by atoms with Gasteiger partial charge >= 0.3 is 0 Å². The first-order chi connectivity index (χ1) is 35.3. The predicted octanol–water partition coefficient (Wildman–Crippen LogP) is 16.2. The van der Waals surface area contributed by atoms with Gasteiger partial charge in [-0.3, -0.25) is 0 Å². The average Bonchev–Trinajstić information content (AvgIpc) is 4.13. The molecule has 13 aromatic rings. The summed E-state index contributed by atoms with van der Waals surface area (Å²) in [6.07, 6.45) is 0. The Morgan fingerprint density at radius 3 is 0.984 bits per heavy atom. The van der Waals surface area contributed by atoms with E-state index in [1.807, 2.05) is 24.3 Å². The Morgan fingerprint density at radius 1 is 0.323 bits per heavy atom. The number of anilines is 6. The molecule has 0 unspecified atom stereocenters. The maximum Gasteiger partial charge on any atom is 0.0621 e. The Bertz CT molecular complexity index is 3940. The molecule has 0 saturated heterocycles. The van der Waals surface area contributed by atoms with Crippen LogP contribution < -0.4 is 9.80 Å². The second kappa shape index (κ2) is 12.8. The minimum absolute atomic E-state index is 0.217. The first-order valence-electron chi connectivity index (χ1n) is 26.6. The molecule has 0 saturated carbocycles. The minimum atomic E-state index is -2.29. The van der Waals surface area contributed by atoms with E-state index >= 15 is 0 Å². The van der Waals surface area contributed by atoms with Crippen molar-refractivity contribution in [3.8, 4) is 0 Å². The fraction of sp³-hybridized carbons (Fsp3) is 0.0690. The molecule has 0 N–H and O–H groups in total. The van der Waals surface area contributed by atoms with Crippen LogP contribution in [0.3, 0.4) is 0 Å². The summed E-state index contributed by atoms with van der Waals surface area (Å²) in [5.41, 5.74) is 11.5. The molecule has 9 aromatic carbocycles. The van der Waals surface area contributed by atoms with Gasteiger partial charge in [0.25, 0.3) is 0 Å². The zero-order valence-corrected chi connectivity index (χ0v) is 33.1. The summed E-state index contributed by atoms with van der Waals surface area (Å²) in [5, 5.41) is 8.26.